The van der Waals surface area contributed by atoms with E-state index in [1.54, 1.807) is 0 Å². The molecular weight excluding hydrogens is 360 g/mol. The Kier molecular flexibility index (Phi) is 4.47. The molecule has 0 amide bonds. The van der Waals surface area contributed by atoms with Crippen molar-refractivity contribution in [3.8, 4) is 11.5 Å². The third-order valence-corrected chi connectivity index (χ3v) is 5.56. The van der Waals surface area contributed by atoms with Gasteiger partial charge in [-0.1, -0.05) is 48.0 Å². The molecule has 0 saturated heterocycles. The first-order chi connectivity index (χ1) is 14.2. The molecule has 2 atom stereocenters. The van der Waals surface area contributed by atoms with Gasteiger partial charge in [-0.2, -0.15) is 5.10 Å². The Morgan fingerprint density at radius 2 is 1.76 bits per heavy atom. The topological polar surface area (TPSA) is 34.1 Å². The molecule has 3 aromatic rings. The number of para-hydroxylation sites is 1. The maximum atomic E-state index is 6.41. The van der Waals surface area contributed by atoms with Gasteiger partial charge < -0.3 is 9.47 Å². The van der Waals surface area contributed by atoms with Gasteiger partial charge in [0, 0.05) is 17.5 Å². The van der Waals surface area contributed by atoms with E-state index in [-0.39, 0.29) is 12.3 Å². The first-order valence-electron chi connectivity index (χ1n) is 10.1. The minimum absolute atomic E-state index is 0.174. The van der Waals surface area contributed by atoms with E-state index in [2.05, 4.69) is 66.5 Å². The molecule has 0 fully saturated rings. The Labute approximate surface area is 171 Å². The number of hydrogen-bond donors (Lipinski definition) is 0. The summed E-state index contributed by atoms with van der Waals surface area (Å²) in [6.07, 6.45) is 0.616. The van der Waals surface area contributed by atoms with Crippen LogP contribution in [-0.4, -0.2) is 17.3 Å². The summed E-state index contributed by atoms with van der Waals surface area (Å²) in [5, 5.41) is 7.14. The standard InChI is InChI=1S/C25H24N2O2/c1-3-28-20-14-12-19(13-15-20)25-27-23(21-6-4-5-7-24(21)29-25)16-22(26-27)18-10-8-17(2)9-11-18/h4-15,23,25H,3,16H2,1-2H3/t23-,25-/m1/s1. The van der Waals surface area contributed by atoms with E-state index in [9.17, 15) is 0 Å². The van der Waals surface area contributed by atoms with Gasteiger partial charge in [-0.05, 0) is 49.7 Å². The van der Waals surface area contributed by atoms with Crippen molar-refractivity contribution in [2.24, 2.45) is 5.10 Å². The van der Waals surface area contributed by atoms with Crippen LogP contribution in [-0.2, 0) is 0 Å². The summed E-state index contributed by atoms with van der Waals surface area (Å²) < 4.78 is 12.0. The Morgan fingerprint density at radius 3 is 2.52 bits per heavy atom. The average Bonchev–Trinajstić information content (AvgIpc) is 3.20. The van der Waals surface area contributed by atoms with Crippen LogP contribution in [0.15, 0.2) is 77.9 Å². The highest BCUT2D eigenvalue weighted by molar-refractivity contribution is 6.02. The van der Waals surface area contributed by atoms with E-state index >= 15 is 0 Å². The molecule has 0 N–H and O–H groups in total. The predicted octanol–water partition coefficient (Wildman–Crippen LogP) is 5.64. The second kappa shape index (κ2) is 7.28. The number of rotatable bonds is 4. The van der Waals surface area contributed by atoms with Crippen LogP contribution in [0.5, 0.6) is 11.5 Å². The number of benzene rings is 3. The first-order valence-corrected chi connectivity index (χ1v) is 10.1. The third kappa shape index (κ3) is 3.25. The van der Waals surface area contributed by atoms with Crippen LogP contribution in [0.3, 0.4) is 0 Å². The molecule has 4 nitrogen and oxygen atoms in total. The van der Waals surface area contributed by atoms with Gasteiger partial charge in [0.1, 0.15) is 11.5 Å². The van der Waals surface area contributed by atoms with Crippen LogP contribution < -0.4 is 9.47 Å². The lowest BCUT2D eigenvalue weighted by molar-refractivity contribution is -0.0190. The normalized spacial score (nSPS) is 19.8. The van der Waals surface area contributed by atoms with Crippen LogP contribution in [0.25, 0.3) is 0 Å². The molecule has 146 valence electrons. The summed E-state index contributed by atoms with van der Waals surface area (Å²) >= 11 is 0. The van der Waals surface area contributed by atoms with Crippen molar-refractivity contribution < 1.29 is 9.47 Å². The van der Waals surface area contributed by atoms with Crippen molar-refractivity contribution in [2.45, 2.75) is 32.5 Å². The minimum Gasteiger partial charge on any atom is -0.494 e. The van der Waals surface area contributed by atoms with Gasteiger partial charge in [0.25, 0.3) is 0 Å². The summed E-state index contributed by atoms with van der Waals surface area (Å²) in [5.41, 5.74) is 5.80. The SMILES string of the molecule is CCOc1ccc([C@H]2Oc3ccccc3[C@H]3CC(c4ccc(C)cc4)=NN32)cc1. The van der Waals surface area contributed by atoms with Crippen LogP contribution >= 0.6 is 0 Å². The number of hydrogen-bond acceptors (Lipinski definition) is 4. The number of hydrazone groups is 1. The monoisotopic (exact) mass is 384 g/mol. The number of nitrogens with zero attached hydrogens (tertiary/aromatic N) is 2. The molecule has 3 aromatic carbocycles. The van der Waals surface area contributed by atoms with Crippen molar-refractivity contribution >= 4 is 5.71 Å². The fourth-order valence-corrected chi connectivity index (χ4v) is 4.07. The van der Waals surface area contributed by atoms with Crippen molar-refractivity contribution in [3.05, 3.63) is 95.1 Å². The lowest BCUT2D eigenvalue weighted by Gasteiger charge is -2.38. The molecule has 0 aliphatic carbocycles. The highest BCUT2D eigenvalue weighted by Gasteiger charge is 2.40. The summed E-state index contributed by atoms with van der Waals surface area (Å²) in [4.78, 5) is 0. The van der Waals surface area contributed by atoms with E-state index in [1.807, 2.05) is 25.1 Å². The van der Waals surface area contributed by atoms with Gasteiger partial charge in [0.15, 0.2) is 0 Å². The zero-order valence-corrected chi connectivity index (χ0v) is 16.7. The second-order valence-corrected chi connectivity index (χ2v) is 7.52. The van der Waals surface area contributed by atoms with Gasteiger partial charge in [0.2, 0.25) is 6.23 Å². The minimum atomic E-state index is -0.256. The molecule has 0 radical (unpaired) electrons. The molecule has 5 rings (SSSR count). The van der Waals surface area contributed by atoms with Crippen LogP contribution in [0.2, 0.25) is 0 Å². The maximum Gasteiger partial charge on any atom is 0.213 e. The predicted molar refractivity (Wildman–Crippen MR) is 114 cm³/mol. The van der Waals surface area contributed by atoms with Gasteiger partial charge in [-0.3, -0.25) is 0 Å². The Hall–Kier alpha value is -3.27. The molecular formula is C25H24N2O2. The van der Waals surface area contributed by atoms with Crippen LogP contribution in [0, 0.1) is 6.92 Å². The Balaban J connectivity index is 1.53. The zero-order chi connectivity index (χ0) is 19.8. The molecule has 0 bridgehead atoms. The highest BCUT2D eigenvalue weighted by atomic mass is 16.5. The van der Waals surface area contributed by atoms with E-state index in [1.165, 1.54) is 16.7 Å². The zero-order valence-electron chi connectivity index (χ0n) is 16.7. The largest absolute Gasteiger partial charge is 0.494 e. The third-order valence-electron chi connectivity index (χ3n) is 5.56. The fourth-order valence-electron chi connectivity index (χ4n) is 4.07. The summed E-state index contributed by atoms with van der Waals surface area (Å²) in [5.74, 6) is 1.81. The smallest absolute Gasteiger partial charge is 0.213 e. The molecule has 0 saturated carbocycles. The molecule has 2 aliphatic rings. The highest BCUT2D eigenvalue weighted by Crippen LogP contribution is 2.47. The van der Waals surface area contributed by atoms with Crippen LogP contribution in [0.4, 0.5) is 0 Å². The van der Waals surface area contributed by atoms with Crippen molar-refractivity contribution in [2.75, 3.05) is 6.61 Å². The van der Waals surface area contributed by atoms with E-state index in [0.717, 1.165) is 29.2 Å². The molecule has 2 heterocycles. The quantitative estimate of drug-likeness (QED) is 0.584. The first kappa shape index (κ1) is 17.8. The summed E-state index contributed by atoms with van der Waals surface area (Å²) in [7, 11) is 0. The van der Waals surface area contributed by atoms with Crippen molar-refractivity contribution in [3.63, 3.8) is 0 Å². The van der Waals surface area contributed by atoms with E-state index < -0.39 is 0 Å². The lowest BCUT2D eigenvalue weighted by atomic mass is 9.95. The lowest BCUT2D eigenvalue weighted by Crippen LogP contribution is -2.33. The fraction of sp³-hybridized carbons (Fsp3) is 0.240. The van der Waals surface area contributed by atoms with Gasteiger partial charge >= 0.3 is 0 Å². The van der Waals surface area contributed by atoms with Crippen LogP contribution in [0.1, 0.15) is 47.9 Å². The number of aryl methyl sites for hydroxylation is 1. The second-order valence-electron chi connectivity index (χ2n) is 7.52. The number of fused-ring (bicyclic) bond motifs is 3. The summed E-state index contributed by atoms with van der Waals surface area (Å²) in [6, 6.07) is 25.2. The van der Waals surface area contributed by atoms with Crippen molar-refractivity contribution in [1.29, 1.82) is 0 Å². The Morgan fingerprint density at radius 1 is 1.00 bits per heavy atom. The molecule has 0 spiro atoms. The van der Waals surface area contributed by atoms with E-state index in [4.69, 9.17) is 14.6 Å². The molecule has 29 heavy (non-hydrogen) atoms. The maximum absolute atomic E-state index is 6.41. The molecule has 2 aliphatic heterocycles. The van der Waals surface area contributed by atoms with Crippen molar-refractivity contribution in [1.82, 2.24) is 5.01 Å². The van der Waals surface area contributed by atoms with Gasteiger partial charge in [-0.25, -0.2) is 5.01 Å². The molecule has 4 heteroatoms. The number of ether oxygens (including phenoxy) is 2. The molecule has 0 unspecified atom stereocenters. The van der Waals surface area contributed by atoms with E-state index in [0.29, 0.717) is 6.61 Å². The van der Waals surface area contributed by atoms with Gasteiger partial charge in [-0.15, -0.1) is 0 Å². The van der Waals surface area contributed by atoms with Gasteiger partial charge in [0.05, 0.1) is 18.4 Å². The Bertz CT molecular complexity index is 1040. The average molecular weight is 384 g/mol. The summed E-state index contributed by atoms with van der Waals surface area (Å²) in [6.45, 7) is 4.76. The molecule has 0 aromatic heterocycles.